The molecule has 0 bridgehead atoms. The van der Waals surface area contributed by atoms with Crippen LogP contribution in [-0.2, 0) is 6.61 Å². The molecule has 0 fully saturated rings. The van der Waals surface area contributed by atoms with Crippen molar-refractivity contribution in [2.45, 2.75) is 6.61 Å². The zero-order valence-corrected chi connectivity index (χ0v) is 6.74. The second-order valence-corrected chi connectivity index (χ2v) is 2.30. The van der Waals surface area contributed by atoms with E-state index in [9.17, 15) is 0 Å². The monoisotopic (exact) mass is 163 g/mol. The van der Waals surface area contributed by atoms with Crippen LogP contribution in [0.5, 0.6) is 5.75 Å². The Balaban J connectivity index is 3.13. The number of hydrogen-bond acceptors (Lipinski definition) is 3. The Kier molecular flexibility index (Phi) is 2.67. The fourth-order valence-electron chi connectivity index (χ4n) is 0.926. The van der Waals surface area contributed by atoms with Crippen molar-refractivity contribution in [3.63, 3.8) is 0 Å². The molecule has 1 aromatic rings. The number of ether oxygens (including phenoxy) is 1. The second-order valence-electron chi connectivity index (χ2n) is 2.30. The minimum Gasteiger partial charge on any atom is -0.495 e. The zero-order chi connectivity index (χ0) is 8.97. The summed E-state index contributed by atoms with van der Waals surface area (Å²) >= 11 is 0. The number of nitriles is 1. The minimum atomic E-state index is -0.0396. The van der Waals surface area contributed by atoms with E-state index in [1.807, 2.05) is 6.07 Å². The van der Waals surface area contributed by atoms with E-state index >= 15 is 0 Å². The maximum atomic E-state index is 8.78. The molecule has 0 radical (unpaired) electrons. The van der Waals surface area contributed by atoms with Crippen LogP contribution in [0.3, 0.4) is 0 Å². The lowest BCUT2D eigenvalue weighted by molar-refractivity contribution is 0.281. The zero-order valence-electron chi connectivity index (χ0n) is 6.74. The number of hydrogen-bond donors (Lipinski definition) is 1. The summed E-state index contributed by atoms with van der Waals surface area (Å²) in [7, 11) is 1.50. The van der Waals surface area contributed by atoms with Crippen LogP contribution in [0, 0.1) is 11.3 Å². The van der Waals surface area contributed by atoms with Crippen LogP contribution in [0.25, 0.3) is 0 Å². The Hall–Kier alpha value is -1.53. The molecule has 3 heteroatoms. The standard InChI is InChI=1S/C9H9NO2/c1-12-9-4-7(6-11)2-3-8(9)5-10/h2-4,11H,6H2,1H3. The van der Waals surface area contributed by atoms with Crippen molar-refractivity contribution in [2.24, 2.45) is 0 Å². The van der Waals surface area contributed by atoms with Gasteiger partial charge in [-0.15, -0.1) is 0 Å². The average molecular weight is 163 g/mol. The minimum absolute atomic E-state index is 0.0396. The van der Waals surface area contributed by atoms with Gasteiger partial charge >= 0.3 is 0 Å². The van der Waals surface area contributed by atoms with E-state index in [0.717, 1.165) is 5.56 Å². The Labute approximate surface area is 70.8 Å². The molecule has 0 atom stereocenters. The van der Waals surface area contributed by atoms with Gasteiger partial charge < -0.3 is 9.84 Å². The number of aliphatic hydroxyl groups excluding tert-OH is 1. The Morgan fingerprint density at radius 2 is 2.33 bits per heavy atom. The van der Waals surface area contributed by atoms with Crippen molar-refractivity contribution in [1.82, 2.24) is 0 Å². The molecule has 1 aromatic carbocycles. The first-order valence-corrected chi connectivity index (χ1v) is 3.49. The lowest BCUT2D eigenvalue weighted by Crippen LogP contribution is -1.90. The Morgan fingerprint density at radius 3 is 2.83 bits per heavy atom. The van der Waals surface area contributed by atoms with Gasteiger partial charge in [0.05, 0.1) is 19.3 Å². The van der Waals surface area contributed by atoms with E-state index in [1.54, 1.807) is 18.2 Å². The van der Waals surface area contributed by atoms with Gasteiger partial charge in [0.2, 0.25) is 0 Å². The van der Waals surface area contributed by atoms with Crippen LogP contribution >= 0.6 is 0 Å². The molecule has 1 rings (SSSR count). The quantitative estimate of drug-likeness (QED) is 0.709. The van der Waals surface area contributed by atoms with Gasteiger partial charge in [-0.1, -0.05) is 6.07 Å². The third-order valence-corrected chi connectivity index (χ3v) is 1.57. The van der Waals surface area contributed by atoms with E-state index in [1.165, 1.54) is 7.11 Å². The highest BCUT2D eigenvalue weighted by Crippen LogP contribution is 2.18. The summed E-state index contributed by atoms with van der Waals surface area (Å²) in [6.45, 7) is -0.0396. The average Bonchev–Trinajstić information content (AvgIpc) is 2.16. The van der Waals surface area contributed by atoms with Crippen LogP contribution in [-0.4, -0.2) is 12.2 Å². The molecule has 0 spiro atoms. The molecule has 3 nitrogen and oxygen atoms in total. The molecule has 62 valence electrons. The van der Waals surface area contributed by atoms with Gasteiger partial charge in [-0.3, -0.25) is 0 Å². The highest BCUT2D eigenvalue weighted by Gasteiger charge is 2.01. The number of aliphatic hydroxyl groups is 1. The summed E-state index contributed by atoms with van der Waals surface area (Å²) in [4.78, 5) is 0. The highest BCUT2D eigenvalue weighted by atomic mass is 16.5. The molecule has 0 unspecified atom stereocenters. The van der Waals surface area contributed by atoms with Crippen LogP contribution < -0.4 is 4.74 Å². The number of rotatable bonds is 2. The highest BCUT2D eigenvalue weighted by molar-refractivity contribution is 5.45. The van der Waals surface area contributed by atoms with Crippen molar-refractivity contribution in [3.8, 4) is 11.8 Å². The van der Waals surface area contributed by atoms with Crippen molar-refractivity contribution < 1.29 is 9.84 Å². The van der Waals surface area contributed by atoms with Crippen LogP contribution in [0.1, 0.15) is 11.1 Å². The van der Waals surface area contributed by atoms with E-state index in [2.05, 4.69) is 0 Å². The molecule has 0 saturated carbocycles. The largest absolute Gasteiger partial charge is 0.495 e. The van der Waals surface area contributed by atoms with Crippen molar-refractivity contribution in [2.75, 3.05) is 7.11 Å². The van der Waals surface area contributed by atoms with Crippen LogP contribution in [0.2, 0.25) is 0 Å². The number of methoxy groups -OCH3 is 1. The molecular weight excluding hydrogens is 154 g/mol. The molecule has 1 N–H and O–H groups in total. The predicted molar refractivity (Wildman–Crippen MR) is 43.6 cm³/mol. The van der Waals surface area contributed by atoms with Gasteiger partial charge in [-0.05, 0) is 17.7 Å². The molecule has 0 aliphatic carbocycles. The van der Waals surface area contributed by atoms with E-state index < -0.39 is 0 Å². The normalized spacial score (nSPS) is 9.08. The second kappa shape index (κ2) is 3.74. The van der Waals surface area contributed by atoms with Gasteiger partial charge in [-0.2, -0.15) is 5.26 Å². The van der Waals surface area contributed by atoms with Gasteiger partial charge in [0.25, 0.3) is 0 Å². The van der Waals surface area contributed by atoms with Gasteiger partial charge in [-0.25, -0.2) is 0 Å². The first-order valence-electron chi connectivity index (χ1n) is 3.49. The summed E-state index contributed by atoms with van der Waals surface area (Å²) in [6, 6.07) is 6.97. The summed E-state index contributed by atoms with van der Waals surface area (Å²) in [5.41, 5.74) is 1.22. The Bertz CT molecular complexity index is 315. The lowest BCUT2D eigenvalue weighted by atomic mass is 10.1. The number of benzene rings is 1. The first kappa shape index (κ1) is 8.57. The summed E-state index contributed by atoms with van der Waals surface area (Å²) < 4.78 is 4.95. The lowest BCUT2D eigenvalue weighted by Gasteiger charge is -2.03. The fraction of sp³-hybridized carbons (Fsp3) is 0.222. The van der Waals surface area contributed by atoms with E-state index in [4.69, 9.17) is 15.1 Å². The maximum Gasteiger partial charge on any atom is 0.136 e. The number of nitrogens with zero attached hydrogens (tertiary/aromatic N) is 1. The molecule has 0 aromatic heterocycles. The molecule has 12 heavy (non-hydrogen) atoms. The molecular formula is C9H9NO2. The summed E-state index contributed by atoms with van der Waals surface area (Å²) in [5, 5.41) is 17.4. The topological polar surface area (TPSA) is 53.2 Å². The SMILES string of the molecule is COc1cc(CO)ccc1C#N. The van der Waals surface area contributed by atoms with Crippen molar-refractivity contribution >= 4 is 0 Å². The molecule has 0 saturated heterocycles. The van der Waals surface area contributed by atoms with Crippen molar-refractivity contribution in [1.29, 1.82) is 5.26 Å². The third kappa shape index (κ3) is 1.55. The first-order chi connectivity index (χ1) is 5.81. The smallest absolute Gasteiger partial charge is 0.136 e. The van der Waals surface area contributed by atoms with Crippen LogP contribution in [0.4, 0.5) is 0 Å². The third-order valence-electron chi connectivity index (χ3n) is 1.57. The maximum absolute atomic E-state index is 8.78. The molecule has 0 aliphatic rings. The molecule has 0 aliphatic heterocycles. The fourth-order valence-corrected chi connectivity index (χ4v) is 0.926. The molecule has 0 heterocycles. The summed E-state index contributed by atoms with van der Waals surface area (Å²) in [5.74, 6) is 0.504. The van der Waals surface area contributed by atoms with E-state index in [-0.39, 0.29) is 6.61 Å². The predicted octanol–water partition coefficient (Wildman–Crippen LogP) is 1.06. The van der Waals surface area contributed by atoms with Crippen LogP contribution in [0.15, 0.2) is 18.2 Å². The van der Waals surface area contributed by atoms with E-state index in [0.29, 0.717) is 11.3 Å². The van der Waals surface area contributed by atoms with Gasteiger partial charge in [0.1, 0.15) is 11.8 Å². The van der Waals surface area contributed by atoms with Gasteiger partial charge in [0, 0.05) is 0 Å². The molecule has 0 amide bonds. The summed E-state index contributed by atoms with van der Waals surface area (Å²) in [6.07, 6.45) is 0. The van der Waals surface area contributed by atoms with Gasteiger partial charge in [0.15, 0.2) is 0 Å². The van der Waals surface area contributed by atoms with Crippen molar-refractivity contribution in [3.05, 3.63) is 29.3 Å². The Morgan fingerprint density at radius 1 is 1.58 bits per heavy atom.